The van der Waals surface area contributed by atoms with Gasteiger partial charge in [0.1, 0.15) is 18.0 Å². The van der Waals surface area contributed by atoms with Crippen LogP contribution in [0.2, 0.25) is 0 Å². The Bertz CT molecular complexity index is 893. The second-order valence-electron chi connectivity index (χ2n) is 7.11. The van der Waals surface area contributed by atoms with Crippen LogP contribution in [0.5, 0.6) is 5.75 Å². The van der Waals surface area contributed by atoms with Gasteiger partial charge in [0.05, 0.1) is 19.2 Å². The van der Waals surface area contributed by atoms with Crippen molar-refractivity contribution >= 4 is 12.1 Å². The number of hydrogen-bond acceptors (Lipinski definition) is 5. The zero-order chi connectivity index (χ0) is 21.6. The van der Waals surface area contributed by atoms with Crippen LogP contribution in [0.15, 0.2) is 36.4 Å². The van der Waals surface area contributed by atoms with Gasteiger partial charge in [-0.05, 0) is 56.7 Å². The lowest BCUT2D eigenvalue weighted by Crippen LogP contribution is -2.34. The van der Waals surface area contributed by atoms with Crippen molar-refractivity contribution in [2.24, 2.45) is 0 Å². The molecule has 0 radical (unpaired) electrons. The van der Waals surface area contributed by atoms with E-state index in [0.29, 0.717) is 16.9 Å². The number of benzene rings is 2. The van der Waals surface area contributed by atoms with E-state index in [1.807, 2.05) is 0 Å². The zero-order valence-corrected chi connectivity index (χ0v) is 16.7. The summed E-state index contributed by atoms with van der Waals surface area (Å²) >= 11 is 0. The fourth-order valence-electron chi connectivity index (χ4n) is 2.42. The smallest absolute Gasteiger partial charge is 0.407 e. The molecule has 1 N–H and O–H groups in total. The molecule has 2 aromatic carbocycles. The standard InChI is InChI=1S/C21H23F2NO5/c1-21(2,3)29-20(26)24-9-10-28-18-8-6-14(19(25)27-4)11-15(18)13-5-7-16(22)17(23)12-13/h5-8,11-12H,9-10H2,1-4H3,(H,24,26). The molecule has 0 unspecified atom stereocenters. The zero-order valence-electron chi connectivity index (χ0n) is 16.7. The van der Waals surface area contributed by atoms with Crippen molar-refractivity contribution in [3.8, 4) is 16.9 Å². The van der Waals surface area contributed by atoms with Crippen LogP contribution < -0.4 is 10.1 Å². The number of alkyl carbamates (subject to hydrolysis) is 1. The minimum absolute atomic E-state index is 0.0908. The fourth-order valence-corrected chi connectivity index (χ4v) is 2.42. The van der Waals surface area contributed by atoms with Crippen molar-refractivity contribution in [3.63, 3.8) is 0 Å². The van der Waals surface area contributed by atoms with E-state index >= 15 is 0 Å². The molecule has 2 rings (SSSR count). The van der Waals surface area contributed by atoms with E-state index in [0.717, 1.165) is 12.1 Å². The van der Waals surface area contributed by atoms with Crippen LogP contribution in [0.4, 0.5) is 13.6 Å². The molecule has 0 fully saturated rings. The number of esters is 1. The van der Waals surface area contributed by atoms with E-state index in [4.69, 9.17) is 14.2 Å². The molecule has 0 aliphatic rings. The van der Waals surface area contributed by atoms with Crippen LogP contribution in [0.25, 0.3) is 11.1 Å². The van der Waals surface area contributed by atoms with Crippen molar-refractivity contribution in [1.82, 2.24) is 5.32 Å². The van der Waals surface area contributed by atoms with Crippen molar-refractivity contribution in [2.45, 2.75) is 26.4 Å². The van der Waals surface area contributed by atoms with Crippen molar-refractivity contribution in [2.75, 3.05) is 20.3 Å². The van der Waals surface area contributed by atoms with Gasteiger partial charge in [0.25, 0.3) is 0 Å². The lowest BCUT2D eigenvalue weighted by molar-refractivity contribution is 0.0519. The number of amides is 1. The second-order valence-corrected chi connectivity index (χ2v) is 7.11. The molecule has 6 nitrogen and oxygen atoms in total. The maximum atomic E-state index is 13.7. The highest BCUT2D eigenvalue weighted by atomic mass is 19.2. The maximum Gasteiger partial charge on any atom is 0.407 e. The summed E-state index contributed by atoms with van der Waals surface area (Å²) < 4.78 is 42.5. The topological polar surface area (TPSA) is 73.9 Å². The van der Waals surface area contributed by atoms with E-state index in [-0.39, 0.29) is 18.7 Å². The molecule has 0 spiro atoms. The first kappa shape index (κ1) is 22.1. The Morgan fingerprint density at radius 3 is 2.38 bits per heavy atom. The first-order valence-electron chi connectivity index (χ1n) is 8.88. The predicted molar refractivity (Wildman–Crippen MR) is 103 cm³/mol. The van der Waals surface area contributed by atoms with Crippen LogP contribution >= 0.6 is 0 Å². The third kappa shape index (κ3) is 6.44. The molecule has 1 amide bonds. The van der Waals surface area contributed by atoms with Crippen LogP contribution in [0.1, 0.15) is 31.1 Å². The summed E-state index contributed by atoms with van der Waals surface area (Å²) in [6.07, 6.45) is -0.581. The normalized spacial score (nSPS) is 11.0. The molecular formula is C21H23F2NO5. The van der Waals surface area contributed by atoms with Crippen LogP contribution in [-0.2, 0) is 9.47 Å². The van der Waals surface area contributed by atoms with E-state index in [9.17, 15) is 18.4 Å². The third-order valence-corrected chi connectivity index (χ3v) is 3.66. The molecule has 0 aliphatic carbocycles. The number of carbonyl (C=O) groups excluding carboxylic acids is 2. The fraction of sp³-hybridized carbons (Fsp3) is 0.333. The van der Waals surface area contributed by atoms with Gasteiger partial charge in [-0.25, -0.2) is 18.4 Å². The van der Waals surface area contributed by atoms with Gasteiger partial charge in [0.15, 0.2) is 11.6 Å². The highest BCUT2D eigenvalue weighted by molar-refractivity contribution is 5.92. The Hall–Kier alpha value is -3.16. The molecule has 0 heterocycles. The number of carbonyl (C=O) groups is 2. The number of rotatable bonds is 6. The van der Waals surface area contributed by atoms with Gasteiger partial charge in [-0.1, -0.05) is 6.07 Å². The summed E-state index contributed by atoms with van der Waals surface area (Å²) in [5, 5.41) is 2.55. The molecule has 0 aliphatic heterocycles. The lowest BCUT2D eigenvalue weighted by Gasteiger charge is -2.20. The molecule has 2 aromatic rings. The van der Waals surface area contributed by atoms with Gasteiger partial charge in [0.2, 0.25) is 0 Å². The van der Waals surface area contributed by atoms with Gasteiger partial charge in [-0.15, -0.1) is 0 Å². The summed E-state index contributed by atoms with van der Waals surface area (Å²) in [4.78, 5) is 23.5. The van der Waals surface area contributed by atoms with Gasteiger partial charge < -0.3 is 19.5 Å². The summed E-state index contributed by atoms with van der Waals surface area (Å²) in [5.74, 6) is -2.26. The number of ether oxygens (including phenoxy) is 3. The minimum Gasteiger partial charge on any atom is -0.491 e. The van der Waals surface area contributed by atoms with E-state index in [1.54, 1.807) is 20.8 Å². The van der Waals surface area contributed by atoms with Gasteiger partial charge in [0, 0.05) is 5.56 Å². The molecule has 8 heteroatoms. The molecule has 29 heavy (non-hydrogen) atoms. The number of methoxy groups -OCH3 is 1. The lowest BCUT2D eigenvalue weighted by atomic mass is 10.0. The van der Waals surface area contributed by atoms with E-state index in [2.05, 4.69) is 5.32 Å². The second kappa shape index (κ2) is 9.36. The van der Waals surface area contributed by atoms with Crippen LogP contribution in [-0.4, -0.2) is 37.9 Å². The maximum absolute atomic E-state index is 13.7. The van der Waals surface area contributed by atoms with Gasteiger partial charge >= 0.3 is 12.1 Å². The van der Waals surface area contributed by atoms with Gasteiger partial charge in [-0.3, -0.25) is 0 Å². The highest BCUT2D eigenvalue weighted by Crippen LogP contribution is 2.32. The Morgan fingerprint density at radius 2 is 1.76 bits per heavy atom. The Kier molecular flexibility index (Phi) is 7.14. The number of nitrogens with one attached hydrogen (secondary N) is 1. The third-order valence-electron chi connectivity index (χ3n) is 3.66. The summed E-state index contributed by atoms with van der Waals surface area (Å²) in [6, 6.07) is 7.86. The molecule has 0 aromatic heterocycles. The molecule has 156 valence electrons. The Balaban J connectivity index is 2.17. The monoisotopic (exact) mass is 407 g/mol. The average Bonchev–Trinajstić information content (AvgIpc) is 2.65. The summed E-state index contributed by atoms with van der Waals surface area (Å²) in [7, 11) is 1.24. The SMILES string of the molecule is COC(=O)c1ccc(OCCNC(=O)OC(C)(C)C)c(-c2ccc(F)c(F)c2)c1. The van der Waals surface area contributed by atoms with E-state index in [1.165, 1.54) is 31.4 Å². The molecule has 0 bridgehead atoms. The average molecular weight is 407 g/mol. The summed E-state index contributed by atoms with van der Waals surface area (Å²) in [5.41, 5.74) is 0.314. The Labute approximate surface area is 167 Å². The van der Waals surface area contributed by atoms with E-state index < -0.39 is 29.3 Å². The van der Waals surface area contributed by atoms with Gasteiger partial charge in [-0.2, -0.15) is 0 Å². The number of halogens is 2. The quantitative estimate of drug-likeness (QED) is 0.570. The predicted octanol–water partition coefficient (Wildman–Crippen LogP) is 4.32. The van der Waals surface area contributed by atoms with Crippen LogP contribution in [0, 0.1) is 11.6 Å². The highest BCUT2D eigenvalue weighted by Gasteiger charge is 2.16. The van der Waals surface area contributed by atoms with Crippen molar-refractivity contribution < 1.29 is 32.6 Å². The first-order chi connectivity index (χ1) is 13.6. The first-order valence-corrected chi connectivity index (χ1v) is 8.88. The van der Waals surface area contributed by atoms with Crippen LogP contribution in [0.3, 0.4) is 0 Å². The number of hydrogen-bond donors (Lipinski definition) is 1. The Morgan fingerprint density at radius 1 is 1.03 bits per heavy atom. The summed E-state index contributed by atoms with van der Waals surface area (Å²) in [6.45, 7) is 5.50. The molecule has 0 saturated heterocycles. The minimum atomic E-state index is -1.02. The van der Waals surface area contributed by atoms with Crippen molar-refractivity contribution in [1.29, 1.82) is 0 Å². The molecule has 0 atom stereocenters. The molecule has 0 saturated carbocycles. The molecular weight excluding hydrogens is 384 g/mol. The van der Waals surface area contributed by atoms with Crippen molar-refractivity contribution in [3.05, 3.63) is 53.6 Å². The largest absolute Gasteiger partial charge is 0.491 e.